The molecule has 0 aromatic heterocycles. The van der Waals surface area contributed by atoms with Crippen LogP contribution in [0.15, 0.2) is 18.2 Å². The number of rotatable bonds is 21. The smallest absolute Gasteiger partial charge is 0.163 e. The number of benzene rings is 1. The summed E-state index contributed by atoms with van der Waals surface area (Å²) in [6, 6.07) is 5.63. The molecule has 0 unspecified atom stereocenters. The number of hydrogen-bond donors (Lipinski definition) is 0. The fraction of sp³-hybridized carbons (Fsp3) is 0.750. The predicted molar refractivity (Wildman–Crippen MR) is 133 cm³/mol. The molecule has 1 aromatic carbocycles. The van der Waals surface area contributed by atoms with Gasteiger partial charge in [0.05, 0.1) is 18.8 Å². The molecule has 3 heteroatoms. The lowest BCUT2D eigenvalue weighted by atomic mass is 10.1. The number of hydrogen-bond acceptors (Lipinski definition) is 3. The van der Waals surface area contributed by atoms with Gasteiger partial charge in [-0.3, -0.25) is 4.79 Å². The van der Waals surface area contributed by atoms with Crippen molar-refractivity contribution in [1.29, 1.82) is 0 Å². The van der Waals surface area contributed by atoms with E-state index >= 15 is 0 Å². The summed E-state index contributed by atoms with van der Waals surface area (Å²) < 4.78 is 11.9. The Morgan fingerprint density at radius 2 is 1.10 bits per heavy atom. The van der Waals surface area contributed by atoms with Crippen LogP contribution in [0.4, 0.5) is 0 Å². The molecule has 0 aliphatic carbocycles. The van der Waals surface area contributed by atoms with Crippen LogP contribution in [0, 0.1) is 0 Å². The van der Waals surface area contributed by atoms with E-state index < -0.39 is 0 Å². The van der Waals surface area contributed by atoms with Gasteiger partial charge < -0.3 is 9.47 Å². The summed E-state index contributed by atoms with van der Waals surface area (Å²) in [5, 5.41) is 0. The molecule has 0 radical (unpaired) electrons. The molecule has 0 N–H and O–H groups in total. The first-order chi connectivity index (χ1) is 15.2. The Morgan fingerprint density at radius 3 is 1.58 bits per heavy atom. The van der Waals surface area contributed by atoms with Gasteiger partial charge in [0, 0.05) is 6.07 Å². The lowest BCUT2D eigenvalue weighted by molar-refractivity contribution is 0.101. The molecule has 0 spiro atoms. The van der Waals surface area contributed by atoms with Gasteiger partial charge in [0.15, 0.2) is 5.78 Å². The highest BCUT2D eigenvalue weighted by molar-refractivity contribution is 5.97. The Labute approximate surface area is 192 Å². The highest BCUT2D eigenvalue weighted by atomic mass is 16.5. The zero-order valence-corrected chi connectivity index (χ0v) is 20.7. The first kappa shape index (κ1) is 27.5. The second kappa shape index (κ2) is 19.2. The topological polar surface area (TPSA) is 35.5 Å². The van der Waals surface area contributed by atoms with E-state index in [1.165, 1.54) is 89.9 Å². The van der Waals surface area contributed by atoms with Crippen molar-refractivity contribution in [2.24, 2.45) is 0 Å². The maximum absolute atomic E-state index is 11.9. The molecule has 0 aliphatic rings. The van der Waals surface area contributed by atoms with E-state index in [0.717, 1.165) is 25.2 Å². The van der Waals surface area contributed by atoms with E-state index in [1.807, 2.05) is 18.2 Å². The number of ether oxygens (including phenoxy) is 2. The second-order valence-corrected chi connectivity index (χ2v) is 8.86. The SMILES string of the molecule is CCCCCCCCCCOc1ccc(C(C)=O)c(OCCCCCCCCCC)c1. The third-order valence-corrected chi connectivity index (χ3v) is 5.85. The highest BCUT2D eigenvalue weighted by Crippen LogP contribution is 2.26. The predicted octanol–water partition coefficient (Wildman–Crippen LogP) is 8.93. The fourth-order valence-corrected chi connectivity index (χ4v) is 3.85. The van der Waals surface area contributed by atoms with Crippen LogP contribution in [-0.4, -0.2) is 19.0 Å². The van der Waals surface area contributed by atoms with Crippen molar-refractivity contribution in [3.63, 3.8) is 0 Å². The summed E-state index contributed by atoms with van der Waals surface area (Å²) in [6.45, 7) is 7.50. The van der Waals surface area contributed by atoms with E-state index in [-0.39, 0.29) is 5.78 Å². The van der Waals surface area contributed by atoms with E-state index in [9.17, 15) is 4.79 Å². The molecule has 1 aromatic rings. The van der Waals surface area contributed by atoms with Crippen LogP contribution in [0.5, 0.6) is 11.5 Å². The monoisotopic (exact) mass is 432 g/mol. The Kier molecular flexibility index (Phi) is 17.0. The third-order valence-electron chi connectivity index (χ3n) is 5.85. The first-order valence-electron chi connectivity index (χ1n) is 13.1. The van der Waals surface area contributed by atoms with E-state index in [0.29, 0.717) is 17.9 Å². The van der Waals surface area contributed by atoms with Gasteiger partial charge in [0.25, 0.3) is 0 Å². The lowest BCUT2D eigenvalue weighted by Crippen LogP contribution is -2.04. The Balaban J connectivity index is 2.26. The molecule has 0 saturated carbocycles. The number of carbonyl (C=O) groups excluding carboxylic acids is 1. The van der Waals surface area contributed by atoms with Crippen LogP contribution in [-0.2, 0) is 0 Å². The first-order valence-corrected chi connectivity index (χ1v) is 13.1. The molecular weight excluding hydrogens is 384 g/mol. The minimum atomic E-state index is 0.0422. The molecule has 31 heavy (non-hydrogen) atoms. The fourth-order valence-electron chi connectivity index (χ4n) is 3.85. The molecule has 0 fully saturated rings. The molecular formula is C28H48O3. The zero-order valence-electron chi connectivity index (χ0n) is 20.7. The largest absolute Gasteiger partial charge is 0.493 e. The normalized spacial score (nSPS) is 10.9. The summed E-state index contributed by atoms with van der Waals surface area (Å²) in [5.74, 6) is 1.52. The summed E-state index contributed by atoms with van der Waals surface area (Å²) in [7, 11) is 0. The van der Waals surface area contributed by atoms with Crippen molar-refractivity contribution in [2.75, 3.05) is 13.2 Å². The number of ketones is 1. The number of carbonyl (C=O) groups is 1. The Hall–Kier alpha value is -1.51. The molecule has 0 amide bonds. The Morgan fingerprint density at radius 1 is 0.645 bits per heavy atom. The highest BCUT2D eigenvalue weighted by Gasteiger charge is 2.10. The van der Waals surface area contributed by atoms with E-state index in [4.69, 9.17) is 9.47 Å². The average Bonchev–Trinajstić information content (AvgIpc) is 2.76. The van der Waals surface area contributed by atoms with Crippen molar-refractivity contribution in [1.82, 2.24) is 0 Å². The van der Waals surface area contributed by atoms with Gasteiger partial charge in [-0.05, 0) is 31.9 Å². The van der Waals surface area contributed by atoms with Crippen LogP contribution in [0.25, 0.3) is 0 Å². The van der Waals surface area contributed by atoms with Gasteiger partial charge in [-0.1, -0.05) is 104 Å². The minimum Gasteiger partial charge on any atom is -0.493 e. The van der Waals surface area contributed by atoms with Crippen molar-refractivity contribution >= 4 is 5.78 Å². The van der Waals surface area contributed by atoms with Gasteiger partial charge in [0.2, 0.25) is 0 Å². The average molecular weight is 433 g/mol. The van der Waals surface area contributed by atoms with Crippen molar-refractivity contribution in [3.05, 3.63) is 23.8 Å². The molecule has 3 nitrogen and oxygen atoms in total. The molecule has 0 bridgehead atoms. The van der Waals surface area contributed by atoms with Crippen LogP contribution in [0.2, 0.25) is 0 Å². The van der Waals surface area contributed by atoms with Crippen molar-refractivity contribution in [2.45, 2.75) is 124 Å². The van der Waals surface area contributed by atoms with Crippen LogP contribution in [0.3, 0.4) is 0 Å². The van der Waals surface area contributed by atoms with Gasteiger partial charge in [-0.25, -0.2) is 0 Å². The molecule has 0 heterocycles. The summed E-state index contributed by atoms with van der Waals surface area (Å²) in [5.41, 5.74) is 0.652. The second-order valence-electron chi connectivity index (χ2n) is 8.86. The van der Waals surface area contributed by atoms with Crippen LogP contribution < -0.4 is 9.47 Å². The molecule has 0 atom stereocenters. The van der Waals surface area contributed by atoms with Gasteiger partial charge in [-0.2, -0.15) is 0 Å². The maximum Gasteiger partial charge on any atom is 0.163 e. The quantitative estimate of drug-likeness (QED) is 0.144. The summed E-state index contributed by atoms with van der Waals surface area (Å²) >= 11 is 0. The molecule has 0 saturated heterocycles. The number of Topliss-reactive ketones (excluding diaryl/α,β-unsaturated/α-hetero) is 1. The van der Waals surface area contributed by atoms with Crippen LogP contribution >= 0.6 is 0 Å². The van der Waals surface area contributed by atoms with Gasteiger partial charge in [0.1, 0.15) is 11.5 Å². The van der Waals surface area contributed by atoms with Gasteiger partial charge in [-0.15, -0.1) is 0 Å². The zero-order chi connectivity index (χ0) is 22.6. The van der Waals surface area contributed by atoms with Crippen molar-refractivity contribution in [3.8, 4) is 11.5 Å². The van der Waals surface area contributed by atoms with Crippen LogP contribution in [0.1, 0.15) is 134 Å². The minimum absolute atomic E-state index is 0.0422. The number of unbranched alkanes of at least 4 members (excludes halogenated alkanes) is 14. The standard InChI is InChI=1S/C28H48O3/c1-4-6-8-10-12-14-16-18-22-30-26-20-21-27(25(3)29)28(24-26)31-23-19-17-15-13-11-9-7-5-2/h20-21,24H,4-19,22-23H2,1-3H3. The lowest BCUT2D eigenvalue weighted by Gasteiger charge is -2.13. The van der Waals surface area contributed by atoms with Gasteiger partial charge >= 0.3 is 0 Å². The third kappa shape index (κ3) is 14.2. The molecule has 1 rings (SSSR count). The van der Waals surface area contributed by atoms with E-state index in [1.54, 1.807) is 6.92 Å². The van der Waals surface area contributed by atoms with Crippen molar-refractivity contribution < 1.29 is 14.3 Å². The summed E-state index contributed by atoms with van der Waals surface area (Å²) in [4.78, 5) is 11.9. The molecule has 178 valence electrons. The molecule has 0 aliphatic heterocycles. The Bertz CT molecular complexity index is 567. The maximum atomic E-state index is 11.9. The van der Waals surface area contributed by atoms with E-state index in [2.05, 4.69) is 13.8 Å². The summed E-state index contributed by atoms with van der Waals surface area (Å²) in [6.07, 6.45) is 20.5.